The lowest BCUT2D eigenvalue weighted by atomic mass is 9.99. The van der Waals surface area contributed by atoms with Crippen molar-refractivity contribution in [3.8, 4) is 17.3 Å². The van der Waals surface area contributed by atoms with Gasteiger partial charge in [-0.1, -0.05) is 121 Å². The minimum Gasteiger partial charge on any atom is -0.477 e. The van der Waals surface area contributed by atoms with Crippen LogP contribution in [0, 0.1) is 5.92 Å². The van der Waals surface area contributed by atoms with E-state index < -0.39 is 0 Å². The van der Waals surface area contributed by atoms with E-state index in [-0.39, 0.29) is 0 Å². The molecule has 0 radical (unpaired) electrons. The Labute approximate surface area is 196 Å². The Kier molecular flexibility index (Phi) is 11.6. The fraction of sp³-hybridized carbons (Fsp3) is 0.655. The summed E-state index contributed by atoms with van der Waals surface area (Å²) in [6.45, 7) is 3.03. The smallest absolute Gasteiger partial charge is 0.220 e. The Morgan fingerprint density at radius 2 is 1.56 bits per heavy atom. The Balaban J connectivity index is 1.46. The predicted molar refractivity (Wildman–Crippen MR) is 135 cm³/mol. The zero-order chi connectivity index (χ0) is 22.3. The predicted octanol–water partition coefficient (Wildman–Crippen LogP) is 8.57. The van der Waals surface area contributed by atoms with Crippen LogP contribution in [0.3, 0.4) is 0 Å². The Bertz CT molecular complexity index is 740. The van der Waals surface area contributed by atoms with Crippen molar-refractivity contribution in [2.45, 2.75) is 110 Å². The number of ether oxygens (including phenoxy) is 1. The molecule has 0 aliphatic heterocycles. The molecule has 1 aromatic carbocycles. The molecule has 3 heteroatoms. The number of rotatable bonds is 16. The molecule has 0 bridgehead atoms. The Morgan fingerprint density at radius 3 is 2.38 bits per heavy atom. The molecular weight excluding hydrogens is 392 g/mol. The number of hydrogen-bond donors (Lipinski definition) is 0. The highest BCUT2D eigenvalue weighted by atomic mass is 16.5. The first-order valence-corrected chi connectivity index (χ1v) is 13.4. The molecule has 176 valence electrons. The topological polar surface area (TPSA) is 35.0 Å². The molecule has 1 fully saturated rings. The van der Waals surface area contributed by atoms with Gasteiger partial charge in [-0.2, -0.15) is 4.98 Å². The van der Waals surface area contributed by atoms with E-state index >= 15 is 0 Å². The molecule has 1 heterocycles. The van der Waals surface area contributed by atoms with Crippen molar-refractivity contribution in [3.05, 3.63) is 42.1 Å². The van der Waals surface area contributed by atoms with E-state index in [1.165, 1.54) is 95.5 Å². The van der Waals surface area contributed by atoms with Gasteiger partial charge in [0.2, 0.25) is 5.88 Å². The molecule has 1 aliphatic carbocycles. The summed E-state index contributed by atoms with van der Waals surface area (Å²) < 4.78 is 6.22. The average Bonchev–Trinajstić information content (AvgIpc) is 3.35. The van der Waals surface area contributed by atoms with Crippen molar-refractivity contribution in [2.24, 2.45) is 5.92 Å². The molecule has 0 spiro atoms. The fourth-order valence-electron chi connectivity index (χ4n) is 4.87. The zero-order valence-corrected chi connectivity index (χ0v) is 20.4. The van der Waals surface area contributed by atoms with E-state index in [1.54, 1.807) is 0 Å². The first-order valence-electron chi connectivity index (χ1n) is 13.4. The summed E-state index contributed by atoms with van der Waals surface area (Å²) in [5.41, 5.74) is 2.22. The second-order valence-electron chi connectivity index (χ2n) is 9.61. The SMILES string of the molecule is CCCCCCCCc1cnc(-c2ccccc2)nc1OCCCCCCC1CCCC1. The van der Waals surface area contributed by atoms with Gasteiger partial charge in [-0.05, 0) is 25.2 Å². The molecule has 0 unspecified atom stereocenters. The zero-order valence-electron chi connectivity index (χ0n) is 20.4. The van der Waals surface area contributed by atoms with Crippen molar-refractivity contribution < 1.29 is 4.74 Å². The summed E-state index contributed by atoms with van der Waals surface area (Å²) in [6.07, 6.45) is 23.2. The lowest BCUT2D eigenvalue weighted by Crippen LogP contribution is -2.05. The summed E-state index contributed by atoms with van der Waals surface area (Å²) >= 11 is 0. The van der Waals surface area contributed by atoms with Crippen molar-refractivity contribution in [3.63, 3.8) is 0 Å². The van der Waals surface area contributed by atoms with Crippen molar-refractivity contribution in [1.82, 2.24) is 9.97 Å². The van der Waals surface area contributed by atoms with Crippen molar-refractivity contribution in [1.29, 1.82) is 0 Å². The maximum absolute atomic E-state index is 6.22. The van der Waals surface area contributed by atoms with Gasteiger partial charge < -0.3 is 4.74 Å². The molecule has 1 aromatic heterocycles. The number of nitrogens with zero attached hydrogens (tertiary/aromatic N) is 2. The highest BCUT2D eigenvalue weighted by Gasteiger charge is 2.14. The summed E-state index contributed by atoms with van der Waals surface area (Å²) in [6, 6.07) is 10.2. The maximum atomic E-state index is 6.22. The largest absolute Gasteiger partial charge is 0.477 e. The first-order chi connectivity index (χ1) is 15.9. The highest BCUT2D eigenvalue weighted by Crippen LogP contribution is 2.29. The summed E-state index contributed by atoms with van der Waals surface area (Å²) in [5.74, 6) is 2.59. The summed E-state index contributed by atoms with van der Waals surface area (Å²) in [5, 5.41) is 0. The molecule has 0 N–H and O–H groups in total. The highest BCUT2D eigenvalue weighted by molar-refractivity contribution is 5.55. The van der Waals surface area contributed by atoms with Crippen LogP contribution in [0.5, 0.6) is 5.88 Å². The van der Waals surface area contributed by atoms with E-state index in [9.17, 15) is 0 Å². The van der Waals surface area contributed by atoms with Gasteiger partial charge in [0.15, 0.2) is 5.82 Å². The summed E-state index contributed by atoms with van der Waals surface area (Å²) in [7, 11) is 0. The van der Waals surface area contributed by atoms with E-state index in [2.05, 4.69) is 24.0 Å². The minimum atomic E-state index is 0.762. The normalized spacial score (nSPS) is 14.2. The van der Waals surface area contributed by atoms with Gasteiger partial charge in [0, 0.05) is 17.3 Å². The fourth-order valence-corrected chi connectivity index (χ4v) is 4.87. The van der Waals surface area contributed by atoms with Crippen LogP contribution in [0.4, 0.5) is 0 Å². The molecule has 0 amide bonds. The van der Waals surface area contributed by atoms with Gasteiger partial charge in [-0.25, -0.2) is 4.98 Å². The van der Waals surface area contributed by atoms with Crippen molar-refractivity contribution in [2.75, 3.05) is 6.61 Å². The van der Waals surface area contributed by atoms with Gasteiger partial charge in [0.25, 0.3) is 0 Å². The molecule has 2 aromatic rings. The summed E-state index contributed by atoms with van der Waals surface area (Å²) in [4.78, 5) is 9.48. The van der Waals surface area contributed by atoms with Gasteiger partial charge in [-0.15, -0.1) is 0 Å². The molecule has 1 saturated carbocycles. The average molecular weight is 437 g/mol. The van der Waals surface area contributed by atoms with Crippen LogP contribution in [-0.2, 0) is 6.42 Å². The van der Waals surface area contributed by atoms with Crippen LogP contribution in [0.25, 0.3) is 11.4 Å². The standard InChI is InChI=1S/C29H44N2O/c1-2-3-4-5-6-11-22-27-24-30-28(26-20-12-9-13-21-26)31-29(27)32-23-16-8-7-10-17-25-18-14-15-19-25/h9,12-13,20-21,24-25H,2-8,10-11,14-19,22-23H2,1H3. The van der Waals surface area contributed by atoms with Gasteiger partial charge in [0.05, 0.1) is 6.61 Å². The van der Waals surface area contributed by atoms with Crippen molar-refractivity contribution >= 4 is 0 Å². The van der Waals surface area contributed by atoms with E-state index in [1.807, 2.05) is 24.4 Å². The molecule has 1 aliphatic rings. The molecule has 32 heavy (non-hydrogen) atoms. The monoisotopic (exact) mass is 436 g/mol. The number of hydrogen-bond acceptors (Lipinski definition) is 3. The van der Waals surface area contributed by atoms with Crippen LogP contribution < -0.4 is 4.74 Å². The van der Waals surface area contributed by atoms with Crippen LogP contribution in [0.15, 0.2) is 36.5 Å². The lowest BCUT2D eigenvalue weighted by molar-refractivity contribution is 0.288. The minimum absolute atomic E-state index is 0.762. The van der Waals surface area contributed by atoms with Crippen LogP contribution in [0.2, 0.25) is 0 Å². The maximum Gasteiger partial charge on any atom is 0.220 e. The number of aromatic nitrogens is 2. The quantitative estimate of drug-likeness (QED) is 0.247. The molecule has 0 saturated heterocycles. The van der Waals surface area contributed by atoms with Gasteiger partial charge >= 0.3 is 0 Å². The molecule has 3 nitrogen and oxygen atoms in total. The lowest BCUT2D eigenvalue weighted by Gasteiger charge is -2.12. The second kappa shape index (κ2) is 15.0. The van der Waals surface area contributed by atoms with Crippen LogP contribution in [0.1, 0.15) is 109 Å². The second-order valence-corrected chi connectivity index (χ2v) is 9.61. The third kappa shape index (κ3) is 8.92. The van der Waals surface area contributed by atoms with E-state index in [4.69, 9.17) is 9.72 Å². The first kappa shape index (κ1) is 24.7. The van der Waals surface area contributed by atoms with E-state index in [0.29, 0.717) is 0 Å². The Hall–Kier alpha value is -1.90. The third-order valence-electron chi connectivity index (χ3n) is 6.88. The molecule has 0 atom stereocenters. The molecular formula is C29H44N2O. The van der Waals surface area contributed by atoms with Gasteiger partial charge in [-0.3, -0.25) is 0 Å². The number of aryl methyl sites for hydroxylation is 1. The number of unbranched alkanes of at least 4 members (excludes halogenated alkanes) is 8. The van der Waals surface area contributed by atoms with Gasteiger partial charge in [0.1, 0.15) is 0 Å². The number of benzene rings is 1. The Morgan fingerprint density at radius 1 is 0.844 bits per heavy atom. The van der Waals surface area contributed by atoms with Crippen LogP contribution in [-0.4, -0.2) is 16.6 Å². The molecule has 3 rings (SSSR count). The third-order valence-corrected chi connectivity index (χ3v) is 6.88. The van der Waals surface area contributed by atoms with E-state index in [0.717, 1.165) is 42.6 Å². The van der Waals surface area contributed by atoms with Crippen LogP contribution >= 0.6 is 0 Å².